The summed E-state index contributed by atoms with van der Waals surface area (Å²) in [5.74, 6) is 0. The molecule has 0 amide bonds. The molecule has 0 aromatic carbocycles. The number of pyridine rings is 1. The van der Waals surface area contributed by atoms with Crippen LogP contribution in [-0.2, 0) is 7.05 Å². The van der Waals surface area contributed by atoms with Crippen molar-refractivity contribution in [3.63, 3.8) is 0 Å². The van der Waals surface area contributed by atoms with E-state index in [0.717, 1.165) is 5.56 Å². The van der Waals surface area contributed by atoms with Crippen molar-refractivity contribution >= 4 is 12.3 Å². The van der Waals surface area contributed by atoms with Gasteiger partial charge in [0.1, 0.15) is 7.05 Å². The third kappa shape index (κ3) is 4.62. The lowest BCUT2D eigenvalue weighted by molar-refractivity contribution is -0.671. The number of hydrogen-bond acceptors (Lipinski definition) is 2. The zero-order chi connectivity index (χ0) is 8.81. The first-order valence-electron chi connectivity index (χ1n) is 3.62. The SMILES string of the molecule is C[n+]1ccc(C=CC=NO)cc1.[I-]. The number of oxime groups is 1. The molecule has 0 fully saturated rings. The van der Waals surface area contributed by atoms with Gasteiger partial charge in [0.15, 0.2) is 12.4 Å². The molecule has 0 bridgehead atoms. The summed E-state index contributed by atoms with van der Waals surface area (Å²) >= 11 is 0. The molecule has 0 saturated carbocycles. The predicted molar refractivity (Wildman–Crippen MR) is 46.9 cm³/mol. The average Bonchev–Trinajstić information content (AvgIpc) is 2.09. The number of aryl methyl sites for hydroxylation is 1. The van der Waals surface area contributed by atoms with E-state index in [1.165, 1.54) is 6.21 Å². The quantitative estimate of drug-likeness (QED) is 0.221. The third-order valence-corrected chi connectivity index (χ3v) is 1.45. The molecular weight excluding hydrogens is 279 g/mol. The van der Waals surface area contributed by atoms with Crippen LogP contribution >= 0.6 is 0 Å². The van der Waals surface area contributed by atoms with E-state index in [1.54, 1.807) is 6.08 Å². The van der Waals surface area contributed by atoms with Gasteiger partial charge in [0, 0.05) is 12.1 Å². The molecule has 0 aliphatic rings. The molecule has 0 radical (unpaired) electrons. The highest BCUT2D eigenvalue weighted by molar-refractivity contribution is 5.77. The Balaban J connectivity index is 0.00000144. The van der Waals surface area contributed by atoms with Gasteiger partial charge < -0.3 is 29.2 Å². The maximum absolute atomic E-state index is 8.10. The van der Waals surface area contributed by atoms with Gasteiger partial charge in [-0.3, -0.25) is 0 Å². The largest absolute Gasteiger partial charge is 1.00 e. The van der Waals surface area contributed by atoms with Crippen LogP contribution < -0.4 is 28.5 Å². The second-order valence-corrected chi connectivity index (χ2v) is 2.42. The molecule has 0 aliphatic heterocycles. The first kappa shape index (κ1) is 12.1. The summed E-state index contributed by atoms with van der Waals surface area (Å²) in [7, 11) is 1.96. The summed E-state index contributed by atoms with van der Waals surface area (Å²) in [5, 5.41) is 11.0. The Morgan fingerprint density at radius 3 is 2.54 bits per heavy atom. The molecular formula is C9H11IN2O. The van der Waals surface area contributed by atoms with Gasteiger partial charge in [-0.1, -0.05) is 11.2 Å². The molecule has 0 spiro atoms. The fourth-order valence-corrected chi connectivity index (χ4v) is 0.816. The van der Waals surface area contributed by atoms with Crippen molar-refractivity contribution in [1.82, 2.24) is 0 Å². The zero-order valence-electron chi connectivity index (χ0n) is 7.26. The van der Waals surface area contributed by atoms with Crippen LogP contribution in [0.1, 0.15) is 5.56 Å². The molecule has 1 N–H and O–H groups in total. The standard InChI is InChI=1S/C9H10N2O.HI/c1-11-7-4-9(5-8-11)3-2-6-10-12;/h2-8H,1H3;1H. The molecule has 0 unspecified atom stereocenters. The van der Waals surface area contributed by atoms with Gasteiger partial charge in [-0.25, -0.2) is 4.57 Å². The molecule has 0 saturated heterocycles. The highest BCUT2D eigenvalue weighted by Gasteiger charge is 1.89. The predicted octanol–water partition coefficient (Wildman–Crippen LogP) is -2.01. The molecule has 1 heterocycles. The minimum atomic E-state index is 0. The Bertz CT molecular complexity index is 293. The second kappa shape index (κ2) is 6.59. The zero-order valence-corrected chi connectivity index (χ0v) is 9.42. The summed E-state index contributed by atoms with van der Waals surface area (Å²) in [6, 6.07) is 3.95. The monoisotopic (exact) mass is 290 g/mol. The van der Waals surface area contributed by atoms with Gasteiger partial charge >= 0.3 is 0 Å². The molecule has 1 aromatic rings. The van der Waals surface area contributed by atoms with Gasteiger partial charge in [-0.05, 0) is 11.6 Å². The van der Waals surface area contributed by atoms with Crippen molar-refractivity contribution in [1.29, 1.82) is 0 Å². The van der Waals surface area contributed by atoms with Crippen molar-refractivity contribution in [3.05, 3.63) is 36.2 Å². The molecule has 0 aliphatic carbocycles. The van der Waals surface area contributed by atoms with E-state index in [2.05, 4.69) is 5.16 Å². The molecule has 0 atom stereocenters. The van der Waals surface area contributed by atoms with Gasteiger partial charge in [-0.15, -0.1) is 0 Å². The van der Waals surface area contributed by atoms with Crippen LogP contribution in [0.5, 0.6) is 0 Å². The highest BCUT2D eigenvalue weighted by atomic mass is 127. The van der Waals surface area contributed by atoms with Gasteiger partial charge in [0.25, 0.3) is 0 Å². The maximum Gasteiger partial charge on any atom is 0.169 e. The molecule has 1 rings (SSSR count). The number of nitrogens with zero attached hydrogens (tertiary/aromatic N) is 2. The van der Waals surface area contributed by atoms with Crippen molar-refractivity contribution in [2.75, 3.05) is 0 Å². The van der Waals surface area contributed by atoms with Crippen LogP contribution in [0.3, 0.4) is 0 Å². The first-order valence-corrected chi connectivity index (χ1v) is 3.62. The van der Waals surface area contributed by atoms with E-state index in [-0.39, 0.29) is 24.0 Å². The lowest BCUT2D eigenvalue weighted by Crippen LogP contribution is -3.00. The Kier molecular flexibility index (Phi) is 6.13. The maximum atomic E-state index is 8.10. The van der Waals surface area contributed by atoms with Crippen LogP contribution in [0.15, 0.2) is 35.8 Å². The van der Waals surface area contributed by atoms with E-state index in [9.17, 15) is 0 Å². The molecule has 70 valence electrons. The van der Waals surface area contributed by atoms with Gasteiger partial charge in [0.2, 0.25) is 0 Å². The Labute approximate surface area is 94.4 Å². The number of hydrogen-bond donors (Lipinski definition) is 1. The summed E-state index contributed by atoms with van der Waals surface area (Å²) in [5.41, 5.74) is 1.08. The van der Waals surface area contributed by atoms with Gasteiger partial charge in [0.05, 0.1) is 6.21 Å². The molecule has 13 heavy (non-hydrogen) atoms. The molecule has 3 nitrogen and oxygen atoms in total. The number of rotatable bonds is 2. The Hall–Kier alpha value is -0.910. The van der Waals surface area contributed by atoms with Crippen LogP contribution in [0, 0.1) is 0 Å². The van der Waals surface area contributed by atoms with E-state index in [0.29, 0.717) is 0 Å². The van der Waals surface area contributed by atoms with Crippen molar-refractivity contribution in [3.8, 4) is 0 Å². The minimum absolute atomic E-state index is 0. The lowest BCUT2D eigenvalue weighted by Gasteiger charge is -1.88. The topological polar surface area (TPSA) is 36.5 Å². The smallest absolute Gasteiger partial charge is 0.169 e. The van der Waals surface area contributed by atoms with Crippen LogP contribution in [0.25, 0.3) is 6.08 Å². The first-order chi connectivity index (χ1) is 5.83. The van der Waals surface area contributed by atoms with Crippen molar-refractivity contribution in [2.45, 2.75) is 0 Å². The molecule has 1 aromatic heterocycles. The average molecular weight is 290 g/mol. The van der Waals surface area contributed by atoms with E-state index < -0.39 is 0 Å². The van der Waals surface area contributed by atoms with Crippen LogP contribution in [0.4, 0.5) is 0 Å². The van der Waals surface area contributed by atoms with E-state index >= 15 is 0 Å². The summed E-state index contributed by atoms with van der Waals surface area (Å²) < 4.78 is 1.96. The minimum Gasteiger partial charge on any atom is -1.00 e. The summed E-state index contributed by atoms with van der Waals surface area (Å²) in [6.07, 6.45) is 8.77. The number of allylic oxidation sites excluding steroid dienone is 1. The summed E-state index contributed by atoms with van der Waals surface area (Å²) in [6.45, 7) is 0. The molecule has 4 heteroatoms. The number of aromatic nitrogens is 1. The highest BCUT2D eigenvalue weighted by Crippen LogP contribution is 1.96. The Morgan fingerprint density at radius 1 is 1.38 bits per heavy atom. The lowest BCUT2D eigenvalue weighted by atomic mass is 10.2. The van der Waals surface area contributed by atoms with Crippen molar-refractivity contribution in [2.24, 2.45) is 12.2 Å². The fraction of sp³-hybridized carbons (Fsp3) is 0.111. The third-order valence-electron chi connectivity index (χ3n) is 1.45. The normalized spacial score (nSPS) is 10.5. The van der Waals surface area contributed by atoms with Crippen LogP contribution in [-0.4, -0.2) is 11.4 Å². The van der Waals surface area contributed by atoms with Crippen molar-refractivity contribution < 1.29 is 33.8 Å². The van der Waals surface area contributed by atoms with Crippen LogP contribution in [0.2, 0.25) is 0 Å². The summed E-state index contributed by atoms with van der Waals surface area (Å²) in [4.78, 5) is 0. The Morgan fingerprint density at radius 2 is 2.00 bits per heavy atom. The fourth-order valence-electron chi connectivity index (χ4n) is 0.816. The van der Waals surface area contributed by atoms with E-state index in [4.69, 9.17) is 5.21 Å². The van der Waals surface area contributed by atoms with E-state index in [1.807, 2.05) is 42.2 Å². The second-order valence-electron chi connectivity index (χ2n) is 2.42. The van der Waals surface area contributed by atoms with Gasteiger partial charge in [-0.2, -0.15) is 0 Å². The number of halogens is 1.